The van der Waals surface area contributed by atoms with Crippen LogP contribution in [0.1, 0.15) is 85.1 Å². The van der Waals surface area contributed by atoms with Crippen molar-refractivity contribution in [3.8, 4) is 0 Å². The summed E-state index contributed by atoms with van der Waals surface area (Å²) in [6.07, 6.45) is 7.12. The Hall–Kier alpha value is -2.68. The number of likely N-dealkylation sites (tertiary alicyclic amines) is 1. The minimum absolute atomic E-state index is 0.112. The zero-order valence-corrected chi connectivity index (χ0v) is 25.7. The van der Waals surface area contributed by atoms with Gasteiger partial charge in [0.15, 0.2) is 0 Å². The smallest absolute Gasteiger partial charge is 0.318 e. The fraction of sp³-hybridized carbons (Fsp3) is 0.719. The minimum atomic E-state index is -0.781. The van der Waals surface area contributed by atoms with E-state index in [1.807, 2.05) is 25.7 Å². The van der Waals surface area contributed by atoms with Crippen molar-refractivity contribution in [2.45, 2.75) is 103 Å². The number of nitrogens with zero attached hydrogens (tertiary/aromatic N) is 2. The van der Waals surface area contributed by atoms with Gasteiger partial charge in [-0.2, -0.15) is 0 Å². The Morgan fingerprint density at radius 2 is 1.63 bits per heavy atom. The number of urea groups is 1. The molecule has 1 atom stereocenters. The lowest BCUT2D eigenvalue weighted by molar-refractivity contribution is -0.147. The van der Waals surface area contributed by atoms with Gasteiger partial charge in [-0.1, -0.05) is 31.4 Å². The Balaban J connectivity index is 1.50. The molecule has 0 spiro atoms. The molecule has 0 radical (unpaired) electrons. The van der Waals surface area contributed by atoms with Gasteiger partial charge < -0.3 is 25.8 Å². The first kappa shape index (κ1) is 31.3. The molecule has 2 aliphatic heterocycles. The molecule has 9 heteroatoms. The van der Waals surface area contributed by atoms with Gasteiger partial charge in [-0.25, -0.2) is 9.18 Å². The Bertz CT molecular complexity index is 1070. The van der Waals surface area contributed by atoms with E-state index in [0.717, 1.165) is 31.2 Å². The Morgan fingerprint density at radius 1 is 1.00 bits per heavy atom. The highest BCUT2D eigenvalue weighted by atomic mass is 19.1. The standard InChI is InChI=1S/C32H50FN5O3/c1-30(2,3)36-28(40)32(24-9-7-6-8-10-24)15-18-37(19-16-32)27(39)26(21-23-11-13-25(33)14-12-23)35-29(41)38-20-17-34-31(4,5)22-38/h11-14,24,26,34H,6-10,15-22H2,1-5H3,(H,35,41)(H,36,40)/t26-/m1/s1. The average Bonchev–Trinajstić information content (AvgIpc) is 2.92. The van der Waals surface area contributed by atoms with E-state index in [1.54, 1.807) is 17.0 Å². The molecular weight excluding hydrogens is 521 g/mol. The highest BCUT2D eigenvalue weighted by molar-refractivity contribution is 5.88. The number of hydrogen-bond acceptors (Lipinski definition) is 4. The maximum Gasteiger partial charge on any atom is 0.318 e. The molecule has 0 unspecified atom stereocenters. The Morgan fingerprint density at radius 3 is 2.22 bits per heavy atom. The van der Waals surface area contributed by atoms with Crippen molar-refractivity contribution >= 4 is 17.8 Å². The van der Waals surface area contributed by atoms with E-state index in [2.05, 4.69) is 29.8 Å². The number of halogens is 1. The molecule has 228 valence electrons. The summed E-state index contributed by atoms with van der Waals surface area (Å²) in [4.78, 5) is 44.7. The van der Waals surface area contributed by atoms with E-state index in [9.17, 15) is 18.8 Å². The van der Waals surface area contributed by atoms with Gasteiger partial charge in [-0.15, -0.1) is 0 Å². The minimum Gasteiger partial charge on any atom is -0.351 e. The first-order valence-electron chi connectivity index (χ1n) is 15.4. The predicted molar refractivity (Wildman–Crippen MR) is 159 cm³/mol. The molecule has 41 heavy (non-hydrogen) atoms. The second-order valence-corrected chi connectivity index (χ2v) is 14.1. The SMILES string of the molecule is CC(C)(C)NC(=O)C1(C2CCCCC2)CCN(C(=O)[C@@H](Cc2ccc(F)cc2)NC(=O)N2CCNC(C)(C)C2)CC1. The number of nitrogens with one attached hydrogen (secondary N) is 3. The predicted octanol–water partition coefficient (Wildman–Crippen LogP) is 4.23. The van der Waals surface area contributed by atoms with Crippen LogP contribution in [-0.4, -0.2) is 77.5 Å². The number of carbonyl (C=O) groups excluding carboxylic acids is 3. The van der Waals surface area contributed by atoms with Crippen molar-refractivity contribution < 1.29 is 18.8 Å². The Kier molecular flexibility index (Phi) is 9.66. The number of amides is 4. The summed E-state index contributed by atoms with van der Waals surface area (Å²) in [5, 5.41) is 9.69. The van der Waals surface area contributed by atoms with Crippen LogP contribution < -0.4 is 16.0 Å². The van der Waals surface area contributed by atoms with Gasteiger partial charge in [-0.05, 0) is 83.9 Å². The lowest BCUT2D eigenvalue weighted by atomic mass is 9.63. The van der Waals surface area contributed by atoms with Crippen LogP contribution in [0.2, 0.25) is 0 Å². The van der Waals surface area contributed by atoms with Gasteiger partial charge in [-0.3, -0.25) is 9.59 Å². The van der Waals surface area contributed by atoms with Crippen LogP contribution in [-0.2, 0) is 16.0 Å². The maximum atomic E-state index is 14.0. The number of benzene rings is 1. The van der Waals surface area contributed by atoms with Crippen LogP contribution in [0.4, 0.5) is 9.18 Å². The van der Waals surface area contributed by atoms with Crippen LogP contribution in [0, 0.1) is 17.2 Å². The summed E-state index contributed by atoms with van der Waals surface area (Å²) >= 11 is 0. The molecule has 3 N–H and O–H groups in total. The molecular formula is C32H50FN5O3. The molecule has 1 saturated carbocycles. The van der Waals surface area contributed by atoms with E-state index in [-0.39, 0.29) is 41.2 Å². The summed E-state index contributed by atoms with van der Waals surface area (Å²) in [6, 6.07) is 5.04. The van der Waals surface area contributed by atoms with Crippen LogP contribution in [0.25, 0.3) is 0 Å². The summed E-state index contributed by atoms with van der Waals surface area (Å²) in [7, 11) is 0. The molecule has 4 amide bonds. The molecule has 3 aliphatic rings. The van der Waals surface area contributed by atoms with Crippen LogP contribution >= 0.6 is 0 Å². The molecule has 1 aromatic carbocycles. The van der Waals surface area contributed by atoms with E-state index >= 15 is 0 Å². The molecule has 0 bridgehead atoms. The van der Waals surface area contributed by atoms with Crippen LogP contribution in [0.5, 0.6) is 0 Å². The molecule has 0 aromatic heterocycles. The van der Waals surface area contributed by atoms with Crippen molar-refractivity contribution in [3.05, 3.63) is 35.6 Å². The lowest BCUT2D eigenvalue weighted by Gasteiger charge is -2.48. The van der Waals surface area contributed by atoms with Crippen LogP contribution in [0.3, 0.4) is 0 Å². The van der Waals surface area contributed by atoms with Gasteiger partial charge in [0.2, 0.25) is 11.8 Å². The quantitative estimate of drug-likeness (QED) is 0.476. The zero-order chi connectivity index (χ0) is 29.8. The van der Waals surface area contributed by atoms with Gasteiger partial charge in [0.05, 0.1) is 5.41 Å². The number of hydrogen-bond donors (Lipinski definition) is 3. The molecule has 2 saturated heterocycles. The van der Waals surface area contributed by atoms with E-state index in [0.29, 0.717) is 51.5 Å². The van der Waals surface area contributed by atoms with Gasteiger partial charge in [0.25, 0.3) is 0 Å². The molecule has 3 fully saturated rings. The van der Waals surface area contributed by atoms with E-state index in [4.69, 9.17) is 0 Å². The molecule has 2 heterocycles. The Labute approximate surface area is 245 Å². The second kappa shape index (κ2) is 12.7. The second-order valence-electron chi connectivity index (χ2n) is 14.1. The highest BCUT2D eigenvalue weighted by Gasteiger charge is 2.49. The first-order chi connectivity index (χ1) is 19.3. The van der Waals surface area contributed by atoms with Gasteiger partial charge >= 0.3 is 6.03 Å². The van der Waals surface area contributed by atoms with Crippen molar-refractivity contribution in [1.82, 2.24) is 25.8 Å². The summed E-state index contributed by atoms with van der Waals surface area (Å²) in [5.41, 5.74) is -0.236. The fourth-order valence-electron chi connectivity index (χ4n) is 6.90. The first-order valence-corrected chi connectivity index (χ1v) is 15.4. The number of piperidine rings is 1. The van der Waals surface area contributed by atoms with E-state index in [1.165, 1.54) is 18.6 Å². The normalized spacial score (nSPS) is 22.1. The molecule has 1 aromatic rings. The number of carbonyl (C=O) groups is 3. The largest absolute Gasteiger partial charge is 0.351 e. The van der Waals surface area contributed by atoms with Gasteiger partial charge in [0.1, 0.15) is 11.9 Å². The summed E-state index contributed by atoms with van der Waals surface area (Å²) < 4.78 is 13.6. The van der Waals surface area contributed by atoms with Crippen LogP contribution in [0.15, 0.2) is 24.3 Å². The third-order valence-electron chi connectivity index (χ3n) is 9.10. The number of piperazine rings is 1. The fourth-order valence-corrected chi connectivity index (χ4v) is 6.90. The van der Waals surface area contributed by atoms with Gasteiger partial charge in [0, 0.05) is 50.2 Å². The highest BCUT2D eigenvalue weighted by Crippen LogP contribution is 2.46. The van der Waals surface area contributed by atoms with Crippen molar-refractivity contribution in [3.63, 3.8) is 0 Å². The topological polar surface area (TPSA) is 93.8 Å². The molecule has 8 nitrogen and oxygen atoms in total. The van der Waals surface area contributed by atoms with Crippen molar-refractivity contribution in [2.75, 3.05) is 32.7 Å². The zero-order valence-electron chi connectivity index (χ0n) is 25.7. The third-order valence-corrected chi connectivity index (χ3v) is 9.10. The molecule has 4 rings (SSSR count). The maximum absolute atomic E-state index is 14.0. The lowest BCUT2D eigenvalue weighted by Crippen LogP contribution is -2.62. The average molecular weight is 572 g/mol. The number of rotatable bonds is 6. The van der Waals surface area contributed by atoms with Crippen molar-refractivity contribution in [1.29, 1.82) is 0 Å². The summed E-state index contributed by atoms with van der Waals surface area (Å²) in [6.45, 7) is 12.9. The third kappa shape index (κ3) is 7.99. The monoisotopic (exact) mass is 571 g/mol. The van der Waals surface area contributed by atoms with E-state index < -0.39 is 11.5 Å². The van der Waals surface area contributed by atoms with Crippen molar-refractivity contribution in [2.24, 2.45) is 11.3 Å². The molecule has 1 aliphatic carbocycles. The summed E-state index contributed by atoms with van der Waals surface area (Å²) in [5.74, 6) is -0.0546.